The second kappa shape index (κ2) is 6.45. The van der Waals surface area contributed by atoms with Crippen LogP contribution in [0, 0.1) is 0 Å². The molecular formula is C13H17BrO2S. The smallest absolute Gasteiger partial charge is 0.316 e. The third kappa shape index (κ3) is 6.74. The summed E-state index contributed by atoms with van der Waals surface area (Å²) in [4.78, 5) is 11.5. The van der Waals surface area contributed by atoms with Gasteiger partial charge in [0.15, 0.2) is 0 Å². The normalized spacial score (nSPS) is 11.3. The van der Waals surface area contributed by atoms with Crippen molar-refractivity contribution in [3.63, 3.8) is 0 Å². The molecule has 1 rings (SSSR count). The van der Waals surface area contributed by atoms with Crippen molar-refractivity contribution in [2.75, 3.05) is 5.75 Å². The van der Waals surface area contributed by atoms with Crippen molar-refractivity contribution in [3.8, 4) is 0 Å². The Morgan fingerprint density at radius 2 is 2.12 bits per heavy atom. The molecule has 0 bridgehead atoms. The maximum Gasteiger partial charge on any atom is 0.316 e. The highest BCUT2D eigenvalue weighted by Crippen LogP contribution is 2.18. The zero-order chi connectivity index (χ0) is 12.9. The van der Waals surface area contributed by atoms with E-state index in [0.29, 0.717) is 5.75 Å². The lowest BCUT2D eigenvalue weighted by molar-refractivity contribution is -0.151. The molecule has 0 fully saturated rings. The largest absolute Gasteiger partial charge is 0.459 e. The number of esters is 1. The lowest BCUT2D eigenvalue weighted by atomic mass is 10.2. The van der Waals surface area contributed by atoms with Crippen molar-refractivity contribution in [1.29, 1.82) is 0 Å². The molecule has 0 saturated heterocycles. The summed E-state index contributed by atoms with van der Waals surface area (Å²) >= 11 is 4.99. The average Bonchev–Trinajstić information content (AvgIpc) is 2.14. The molecule has 94 valence electrons. The highest BCUT2D eigenvalue weighted by atomic mass is 79.9. The molecule has 4 heteroatoms. The van der Waals surface area contributed by atoms with Gasteiger partial charge in [-0.1, -0.05) is 28.1 Å². The van der Waals surface area contributed by atoms with E-state index in [2.05, 4.69) is 22.0 Å². The summed E-state index contributed by atoms with van der Waals surface area (Å²) in [5.74, 6) is 1.06. The number of halogens is 1. The van der Waals surface area contributed by atoms with Crippen molar-refractivity contribution in [2.45, 2.75) is 32.1 Å². The number of rotatable bonds is 4. The van der Waals surface area contributed by atoms with Crippen LogP contribution in [0.5, 0.6) is 0 Å². The van der Waals surface area contributed by atoms with Gasteiger partial charge in [0.05, 0.1) is 5.75 Å². The molecule has 0 radical (unpaired) electrons. The minimum Gasteiger partial charge on any atom is -0.459 e. The predicted molar refractivity (Wildman–Crippen MR) is 76.1 cm³/mol. The molecular weight excluding hydrogens is 300 g/mol. The molecule has 0 spiro atoms. The first-order chi connectivity index (χ1) is 7.87. The number of carbonyl (C=O) groups excluding carboxylic acids is 1. The third-order valence-electron chi connectivity index (χ3n) is 1.80. The predicted octanol–water partition coefficient (Wildman–Crippen LogP) is 4.02. The third-order valence-corrected chi connectivity index (χ3v) is 3.27. The summed E-state index contributed by atoms with van der Waals surface area (Å²) in [5, 5.41) is 0. The van der Waals surface area contributed by atoms with Gasteiger partial charge in [-0.05, 0) is 38.5 Å². The molecule has 17 heavy (non-hydrogen) atoms. The maximum atomic E-state index is 11.5. The van der Waals surface area contributed by atoms with Gasteiger partial charge in [0.25, 0.3) is 0 Å². The van der Waals surface area contributed by atoms with E-state index < -0.39 is 5.60 Å². The minimum absolute atomic E-state index is 0.155. The lowest BCUT2D eigenvalue weighted by Gasteiger charge is -2.19. The van der Waals surface area contributed by atoms with Crippen LogP contribution in [-0.2, 0) is 15.3 Å². The molecule has 0 heterocycles. The van der Waals surface area contributed by atoms with Crippen molar-refractivity contribution in [2.24, 2.45) is 0 Å². The molecule has 0 N–H and O–H groups in total. The fourth-order valence-electron chi connectivity index (χ4n) is 1.25. The maximum absolute atomic E-state index is 11.5. The van der Waals surface area contributed by atoms with Crippen molar-refractivity contribution < 1.29 is 9.53 Å². The highest BCUT2D eigenvalue weighted by molar-refractivity contribution is 9.10. The Labute approximate surface area is 115 Å². The topological polar surface area (TPSA) is 26.3 Å². The Bertz CT molecular complexity index is 385. The van der Waals surface area contributed by atoms with Gasteiger partial charge in [0.1, 0.15) is 5.60 Å². The highest BCUT2D eigenvalue weighted by Gasteiger charge is 2.15. The lowest BCUT2D eigenvalue weighted by Crippen LogP contribution is -2.24. The van der Waals surface area contributed by atoms with Crippen molar-refractivity contribution >= 4 is 33.7 Å². The van der Waals surface area contributed by atoms with Crippen LogP contribution in [0.15, 0.2) is 28.7 Å². The Hall–Kier alpha value is -0.480. The summed E-state index contributed by atoms with van der Waals surface area (Å²) in [6.45, 7) is 5.64. The van der Waals surface area contributed by atoms with Crippen molar-refractivity contribution in [1.82, 2.24) is 0 Å². The fraction of sp³-hybridized carbons (Fsp3) is 0.462. The van der Waals surface area contributed by atoms with Gasteiger partial charge in [-0.25, -0.2) is 0 Å². The van der Waals surface area contributed by atoms with Gasteiger partial charge in [0, 0.05) is 10.2 Å². The molecule has 1 aromatic carbocycles. The van der Waals surface area contributed by atoms with Gasteiger partial charge in [0.2, 0.25) is 0 Å². The van der Waals surface area contributed by atoms with E-state index in [1.807, 2.05) is 39.0 Å². The molecule has 0 aromatic heterocycles. The quantitative estimate of drug-likeness (QED) is 0.785. The molecule has 0 aliphatic heterocycles. The Balaban J connectivity index is 2.31. The number of benzene rings is 1. The standard InChI is InChI=1S/C13H17BrO2S/c1-13(2,3)16-12(15)9-17-8-10-5-4-6-11(14)7-10/h4-7H,8-9H2,1-3H3. The van der Waals surface area contributed by atoms with E-state index in [1.54, 1.807) is 11.8 Å². The second-order valence-electron chi connectivity index (χ2n) is 4.71. The zero-order valence-corrected chi connectivity index (χ0v) is 12.7. The number of thioether (sulfide) groups is 1. The molecule has 0 unspecified atom stereocenters. The molecule has 0 saturated carbocycles. The monoisotopic (exact) mass is 316 g/mol. The first-order valence-corrected chi connectivity index (χ1v) is 7.35. The van der Waals surface area contributed by atoms with Crippen LogP contribution >= 0.6 is 27.7 Å². The van der Waals surface area contributed by atoms with Crippen LogP contribution in [-0.4, -0.2) is 17.3 Å². The van der Waals surface area contributed by atoms with E-state index in [-0.39, 0.29) is 5.97 Å². The summed E-state index contributed by atoms with van der Waals surface area (Å²) in [7, 11) is 0. The molecule has 0 aliphatic rings. The summed E-state index contributed by atoms with van der Waals surface area (Å²) in [5.41, 5.74) is 0.806. The first kappa shape index (κ1) is 14.6. The first-order valence-electron chi connectivity index (χ1n) is 5.41. The molecule has 2 nitrogen and oxygen atoms in total. The van der Waals surface area contributed by atoms with Crippen LogP contribution in [0.4, 0.5) is 0 Å². The van der Waals surface area contributed by atoms with E-state index in [4.69, 9.17) is 4.74 Å². The molecule has 1 aromatic rings. The number of carbonyl (C=O) groups is 1. The van der Waals surface area contributed by atoms with Crippen LogP contribution in [0.25, 0.3) is 0 Å². The average molecular weight is 317 g/mol. The fourth-order valence-corrected chi connectivity index (χ4v) is 2.44. The Morgan fingerprint density at radius 3 is 2.71 bits per heavy atom. The Kier molecular flexibility index (Phi) is 5.53. The van der Waals surface area contributed by atoms with Crippen LogP contribution in [0.3, 0.4) is 0 Å². The number of ether oxygens (including phenoxy) is 1. The molecule has 0 atom stereocenters. The van der Waals surface area contributed by atoms with E-state index in [1.165, 1.54) is 5.56 Å². The van der Waals surface area contributed by atoms with Gasteiger partial charge >= 0.3 is 5.97 Å². The number of hydrogen-bond donors (Lipinski definition) is 0. The van der Waals surface area contributed by atoms with Crippen LogP contribution in [0.2, 0.25) is 0 Å². The van der Waals surface area contributed by atoms with E-state index >= 15 is 0 Å². The van der Waals surface area contributed by atoms with E-state index in [0.717, 1.165) is 10.2 Å². The summed E-state index contributed by atoms with van der Waals surface area (Å²) in [6.07, 6.45) is 0. The van der Waals surface area contributed by atoms with E-state index in [9.17, 15) is 4.79 Å². The van der Waals surface area contributed by atoms with Gasteiger partial charge in [-0.15, -0.1) is 11.8 Å². The second-order valence-corrected chi connectivity index (χ2v) is 6.61. The summed E-state index contributed by atoms with van der Waals surface area (Å²) in [6, 6.07) is 8.09. The molecule has 0 amide bonds. The molecule has 0 aliphatic carbocycles. The van der Waals surface area contributed by atoms with Crippen LogP contribution < -0.4 is 0 Å². The van der Waals surface area contributed by atoms with Gasteiger partial charge < -0.3 is 4.74 Å². The van der Waals surface area contributed by atoms with Gasteiger partial charge in [-0.2, -0.15) is 0 Å². The zero-order valence-electron chi connectivity index (χ0n) is 10.3. The minimum atomic E-state index is -0.395. The van der Waals surface area contributed by atoms with Crippen molar-refractivity contribution in [3.05, 3.63) is 34.3 Å². The summed E-state index contributed by atoms with van der Waals surface area (Å²) < 4.78 is 6.29. The van der Waals surface area contributed by atoms with Gasteiger partial charge in [-0.3, -0.25) is 4.79 Å². The SMILES string of the molecule is CC(C)(C)OC(=O)CSCc1cccc(Br)c1. The van der Waals surface area contributed by atoms with Crippen LogP contribution in [0.1, 0.15) is 26.3 Å². The number of hydrogen-bond acceptors (Lipinski definition) is 3. The Morgan fingerprint density at radius 1 is 1.41 bits per heavy atom.